The van der Waals surface area contributed by atoms with E-state index in [0.29, 0.717) is 0 Å². The van der Waals surface area contributed by atoms with Gasteiger partial charge < -0.3 is 17.4 Å². The largest absolute Gasteiger partial charge is 0.740 e. The Balaban J connectivity index is 2.88. The molecule has 1 heterocycles. The van der Waals surface area contributed by atoms with E-state index in [2.05, 4.69) is 12.6 Å². The van der Waals surface area contributed by atoms with Crippen LogP contribution in [-0.4, -0.2) is 33.7 Å². The monoisotopic (exact) mass is 228 g/mol. The molecule has 0 aromatic heterocycles. The Bertz CT molecular complexity index is 323. The van der Waals surface area contributed by atoms with E-state index in [-0.39, 0.29) is 25.0 Å². The molecule has 0 saturated carbocycles. The predicted octanol–water partition coefficient (Wildman–Crippen LogP) is -0.443. The van der Waals surface area contributed by atoms with Crippen LogP contribution in [0.3, 0.4) is 0 Å². The van der Waals surface area contributed by atoms with E-state index in [1.54, 1.807) is 0 Å². The van der Waals surface area contributed by atoms with Gasteiger partial charge >= 0.3 is 0 Å². The number of carbonyl (C=O) groups excluding carboxylic acids is 4. The van der Waals surface area contributed by atoms with Crippen molar-refractivity contribution in [2.45, 2.75) is 32.2 Å². The Morgan fingerprint density at radius 1 is 1.33 bits per heavy atom. The molecule has 0 aromatic carbocycles. The van der Waals surface area contributed by atoms with E-state index in [1.807, 2.05) is 0 Å². The van der Waals surface area contributed by atoms with Crippen molar-refractivity contribution in [2.24, 2.45) is 0 Å². The summed E-state index contributed by atoms with van der Waals surface area (Å²) >= 11 is 4.42. The van der Waals surface area contributed by atoms with E-state index >= 15 is 0 Å². The predicted molar refractivity (Wildman–Crippen MR) is 52.5 cm³/mol. The molecular formula is C9H10NO4S-. The third kappa shape index (κ3) is 2.59. The van der Waals surface area contributed by atoms with Gasteiger partial charge in [0, 0.05) is 24.4 Å². The van der Waals surface area contributed by atoms with E-state index < -0.39 is 23.0 Å². The SMILES string of the molecule is CC(=O)CC(C(=O)[S-])N1C(=O)CCC1=O. The fraction of sp³-hybridized carbons (Fsp3) is 0.556. The van der Waals surface area contributed by atoms with Crippen molar-refractivity contribution in [1.82, 2.24) is 4.90 Å². The maximum Gasteiger partial charge on any atom is 0.230 e. The summed E-state index contributed by atoms with van der Waals surface area (Å²) in [5.74, 6) is -1.13. The van der Waals surface area contributed by atoms with Crippen LogP contribution in [-0.2, 0) is 31.8 Å². The summed E-state index contributed by atoms with van der Waals surface area (Å²) in [6.45, 7) is 1.29. The van der Waals surface area contributed by atoms with Gasteiger partial charge in [-0.1, -0.05) is 0 Å². The topological polar surface area (TPSA) is 71.5 Å². The molecule has 1 saturated heterocycles. The van der Waals surface area contributed by atoms with Crippen LogP contribution in [0.2, 0.25) is 0 Å². The third-order valence-corrected chi connectivity index (χ3v) is 2.43. The number of likely N-dealkylation sites (tertiary alicyclic amines) is 1. The van der Waals surface area contributed by atoms with Crippen molar-refractivity contribution in [1.29, 1.82) is 0 Å². The molecule has 0 radical (unpaired) electrons. The summed E-state index contributed by atoms with van der Waals surface area (Å²) in [7, 11) is 0. The minimum atomic E-state index is -1.08. The first-order valence-corrected chi connectivity index (χ1v) is 4.89. The number of nitrogens with zero attached hydrogens (tertiary/aromatic N) is 1. The molecule has 2 amide bonds. The minimum Gasteiger partial charge on any atom is -0.740 e. The van der Waals surface area contributed by atoms with Crippen molar-refractivity contribution in [2.75, 3.05) is 0 Å². The molecule has 1 unspecified atom stereocenters. The Labute approximate surface area is 92.2 Å². The molecule has 6 heteroatoms. The molecule has 5 nitrogen and oxygen atoms in total. The van der Waals surface area contributed by atoms with Gasteiger partial charge in [-0.15, -0.1) is 0 Å². The summed E-state index contributed by atoms with van der Waals surface area (Å²) in [4.78, 5) is 45.4. The third-order valence-electron chi connectivity index (χ3n) is 2.15. The second-order valence-corrected chi connectivity index (χ2v) is 3.80. The number of imide groups is 1. The summed E-state index contributed by atoms with van der Waals surface area (Å²) < 4.78 is 0. The summed E-state index contributed by atoms with van der Waals surface area (Å²) in [5.41, 5.74) is 0. The Kier molecular flexibility index (Phi) is 3.52. The number of Topliss-reactive ketones (excluding diaryl/α,β-unsaturated/α-hetero) is 1. The van der Waals surface area contributed by atoms with E-state index in [9.17, 15) is 19.2 Å². The molecule has 1 aliphatic rings. The smallest absolute Gasteiger partial charge is 0.230 e. The normalized spacial score (nSPS) is 18.1. The van der Waals surface area contributed by atoms with Crippen molar-refractivity contribution in [3.63, 3.8) is 0 Å². The first-order valence-electron chi connectivity index (χ1n) is 4.48. The molecule has 0 bridgehead atoms. The second-order valence-electron chi connectivity index (χ2n) is 3.40. The van der Waals surface area contributed by atoms with Gasteiger partial charge in [0.25, 0.3) is 0 Å². The standard InChI is InChI=1S/C9H11NO4S/c1-5(11)4-6(9(14)15)10-7(12)2-3-8(10)13/h6H,2-4H2,1H3,(H,14,15)/p-1. The quantitative estimate of drug-likeness (QED) is 0.481. The highest BCUT2D eigenvalue weighted by molar-refractivity contribution is 7.77. The molecule has 0 N–H and O–H groups in total. The highest BCUT2D eigenvalue weighted by Gasteiger charge is 2.35. The Morgan fingerprint density at radius 2 is 1.80 bits per heavy atom. The molecule has 82 valence electrons. The lowest BCUT2D eigenvalue weighted by molar-refractivity contribution is -0.144. The van der Waals surface area contributed by atoms with Crippen LogP contribution in [0.1, 0.15) is 26.2 Å². The van der Waals surface area contributed by atoms with Gasteiger partial charge in [0.2, 0.25) is 11.8 Å². The zero-order valence-corrected chi connectivity index (χ0v) is 9.00. The van der Waals surface area contributed by atoms with E-state index in [4.69, 9.17) is 0 Å². The van der Waals surface area contributed by atoms with Crippen LogP contribution in [0.5, 0.6) is 0 Å². The Hall–Kier alpha value is -1.30. The zero-order valence-electron chi connectivity index (χ0n) is 8.19. The fourth-order valence-corrected chi connectivity index (χ4v) is 1.68. The molecule has 1 aliphatic heterocycles. The fourth-order valence-electron chi connectivity index (χ4n) is 1.49. The summed E-state index contributed by atoms with van der Waals surface area (Å²) in [6, 6.07) is -1.08. The van der Waals surface area contributed by atoms with Crippen LogP contribution in [0.15, 0.2) is 0 Å². The van der Waals surface area contributed by atoms with Gasteiger partial charge in [-0.25, -0.2) is 0 Å². The van der Waals surface area contributed by atoms with Gasteiger partial charge in [0.15, 0.2) is 0 Å². The number of hydrogen-bond donors (Lipinski definition) is 0. The summed E-state index contributed by atoms with van der Waals surface area (Å²) in [5, 5.41) is -0.742. The number of ketones is 1. The number of hydrogen-bond acceptors (Lipinski definition) is 5. The first kappa shape index (κ1) is 11.8. The van der Waals surface area contributed by atoms with Gasteiger partial charge in [0.05, 0.1) is 6.04 Å². The van der Waals surface area contributed by atoms with Crippen LogP contribution in [0, 0.1) is 0 Å². The number of rotatable bonds is 4. The highest BCUT2D eigenvalue weighted by Crippen LogP contribution is 2.18. The van der Waals surface area contributed by atoms with Crippen molar-refractivity contribution in [3.8, 4) is 0 Å². The van der Waals surface area contributed by atoms with Crippen LogP contribution >= 0.6 is 0 Å². The first-order chi connectivity index (χ1) is 6.93. The molecular weight excluding hydrogens is 218 g/mol. The van der Waals surface area contributed by atoms with Crippen LogP contribution < -0.4 is 0 Å². The molecule has 1 fully saturated rings. The van der Waals surface area contributed by atoms with Crippen molar-refractivity contribution >= 4 is 35.3 Å². The lowest BCUT2D eigenvalue weighted by Gasteiger charge is -2.26. The molecule has 0 aliphatic carbocycles. The maximum absolute atomic E-state index is 11.3. The molecule has 0 aromatic rings. The van der Waals surface area contributed by atoms with Gasteiger partial charge in [-0.05, 0) is 6.92 Å². The second kappa shape index (κ2) is 4.48. The molecule has 0 spiro atoms. The van der Waals surface area contributed by atoms with E-state index in [1.165, 1.54) is 6.92 Å². The molecule has 15 heavy (non-hydrogen) atoms. The summed E-state index contributed by atoms with van der Waals surface area (Å²) in [6.07, 6.45) is 0.00547. The average molecular weight is 228 g/mol. The minimum absolute atomic E-state index is 0.0931. The van der Waals surface area contributed by atoms with Crippen molar-refractivity contribution < 1.29 is 19.2 Å². The highest BCUT2D eigenvalue weighted by atomic mass is 32.1. The average Bonchev–Trinajstić information content (AvgIpc) is 2.42. The lowest BCUT2D eigenvalue weighted by Crippen LogP contribution is -2.44. The van der Waals surface area contributed by atoms with E-state index in [0.717, 1.165) is 4.90 Å². The van der Waals surface area contributed by atoms with Gasteiger partial charge in [0.1, 0.15) is 5.78 Å². The number of carbonyl (C=O) groups is 4. The lowest BCUT2D eigenvalue weighted by atomic mass is 10.1. The number of amides is 2. The van der Waals surface area contributed by atoms with Crippen LogP contribution in [0.4, 0.5) is 0 Å². The van der Waals surface area contributed by atoms with Gasteiger partial charge in [-0.2, -0.15) is 0 Å². The Morgan fingerprint density at radius 3 is 2.13 bits per heavy atom. The van der Waals surface area contributed by atoms with Crippen LogP contribution in [0.25, 0.3) is 0 Å². The molecule has 1 atom stereocenters. The molecule has 1 rings (SSSR count). The van der Waals surface area contributed by atoms with Crippen molar-refractivity contribution in [3.05, 3.63) is 0 Å². The van der Waals surface area contributed by atoms with Gasteiger partial charge in [-0.3, -0.25) is 19.3 Å². The zero-order chi connectivity index (χ0) is 11.6. The maximum atomic E-state index is 11.3.